The van der Waals surface area contributed by atoms with E-state index in [1.807, 2.05) is 48.5 Å². The van der Waals surface area contributed by atoms with Gasteiger partial charge in [0.05, 0.1) is 20.8 Å². The predicted octanol–water partition coefficient (Wildman–Crippen LogP) is 2.98. The molecule has 0 amide bonds. The van der Waals surface area contributed by atoms with E-state index < -0.39 is 0 Å². The Hall–Kier alpha value is -3.66. The summed E-state index contributed by atoms with van der Waals surface area (Å²) >= 11 is 0. The average Bonchev–Trinajstić information content (AvgIpc) is 3.01. The predicted molar refractivity (Wildman–Crippen MR) is 101 cm³/mol. The molecule has 0 unspecified atom stereocenters. The number of aromatic nitrogens is 2. The van der Waals surface area contributed by atoms with Gasteiger partial charge in [-0.15, -0.1) is 5.10 Å². The molecule has 0 aliphatic rings. The number of nitrogens with two attached hydrogens (primary N) is 1. The number of anilines is 1. The maximum absolute atomic E-state index is 9.42. The average molecular weight is 364 g/mol. The zero-order chi connectivity index (χ0) is 19.2. The fourth-order valence-corrected chi connectivity index (χ4v) is 2.56. The molecular weight excluding hydrogens is 344 g/mol. The highest BCUT2D eigenvalue weighted by Crippen LogP contribution is 2.25. The number of nitrogen functional groups attached to an aromatic ring is 1. The number of hydrogen-bond acceptors (Lipinski definition) is 6. The summed E-state index contributed by atoms with van der Waals surface area (Å²) < 4.78 is 17.6. The lowest BCUT2D eigenvalue weighted by molar-refractivity contribution is 0.289. The van der Waals surface area contributed by atoms with Crippen LogP contribution in [0.4, 0.5) is 5.82 Å². The van der Waals surface area contributed by atoms with Crippen molar-refractivity contribution in [3.8, 4) is 23.4 Å². The summed E-state index contributed by atoms with van der Waals surface area (Å²) in [4.78, 5) is 0. The van der Waals surface area contributed by atoms with Crippen LogP contribution in [0.1, 0.15) is 16.7 Å². The monoisotopic (exact) mass is 364 g/mol. The summed E-state index contributed by atoms with van der Waals surface area (Å²) in [5.41, 5.74) is 8.23. The van der Waals surface area contributed by atoms with Gasteiger partial charge in [0, 0.05) is 0 Å². The largest absolute Gasteiger partial charge is 0.497 e. The van der Waals surface area contributed by atoms with Crippen molar-refractivity contribution in [1.29, 1.82) is 5.26 Å². The van der Waals surface area contributed by atoms with Crippen molar-refractivity contribution >= 4 is 5.82 Å². The fraction of sp³-hybridized carbons (Fsp3) is 0.200. The molecule has 1 aromatic heterocycles. The highest BCUT2D eigenvalue weighted by atomic mass is 16.5. The Morgan fingerprint density at radius 1 is 0.963 bits per heavy atom. The number of nitriles is 1. The van der Waals surface area contributed by atoms with Gasteiger partial charge in [-0.1, -0.05) is 24.3 Å². The number of nitrogens with zero attached hydrogens (tertiary/aromatic N) is 3. The molecule has 0 spiro atoms. The summed E-state index contributed by atoms with van der Waals surface area (Å²) in [6, 6.07) is 17.1. The maximum atomic E-state index is 9.42. The third-order valence-corrected chi connectivity index (χ3v) is 4.10. The van der Waals surface area contributed by atoms with Crippen molar-refractivity contribution in [1.82, 2.24) is 9.78 Å². The van der Waals surface area contributed by atoms with Crippen LogP contribution in [0.2, 0.25) is 0 Å². The molecule has 27 heavy (non-hydrogen) atoms. The smallest absolute Gasteiger partial charge is 0.253 e. The van der Waals surface area contributed by atoms with Gasteiger partial charge in [-0.05, 0) is 35.4 Å². The van der Waals surface area contributed by atoms with Crippen molar-refractivity contribution in [2.75, 3.05) is 20.0 Å². The topological polar surface area (TPSA) is 95.3 Å². The first-order chi connectivity index (χ1) is 13.1. The first-order valence-electron chi connectivity index (χ1n) is 8.29. The van der Waals surface area contributed by atoms with Gasteiger partial charge in [-0.2, -0.15) is 5.26 Å². The van der Waals surface area contributed by atoms with Gasteiger partial charge in [0.2, 0.25) is 0 Å². The number of benzene rings is 2. The first-order valence-corrected chi connectivity index (χ1v) is 8.29. The molecule has 0 fully saturated rings. The molecule has 138 valence electrons. The lowest BCUT2D eigenvalue weighted by atomic mass is 10.2. The molecule has 0 atom stereocenters. The van der Waals surface area contributed by atoms with E-state index in [1.165, 1.54) is 0 Å². The van der Waals surface area contributed by atoms with E-state index in [-0.39, 0.29) is 23.9 Å². The lowest BCUT2D eigenvalue weighted by Crippen LogP contribution is -2.06. The summed E-state index contributed by atoms with van der Waals surface area (Å²) in [7, 11) is 3.23. The minimum atomic E-state index is 0.222. The van der Waals surface area contributed by atoms with Crippen LogP contribution in [0.5, 0.6) is 17.4 Å². The number of rotatable bonds is 7. The van der Waals surface area contributed by atoms with Crippen LogP contribution < -0.4 is 19.9 Å². The van der Waals surface area contributed by atoms with E-state index in [0.29, 0.717) is 6.54 Å². The van der Waals surface area contributed by atoms with Gasteiger partial charge in [0.15, 0.2) is 5.56 Å². The molecule has 1 heterocycles. The van der Waals surface area contributed by atoms with Crippen molar-refractivity contribution in [2.45, 2.75) is 13.2 Å². The van der Waals surface area contributed by atoms with Crippen LogP contribution in [0.3, 0.4) is 0 Å². The van der Waals surface area contributed by atoms with E-state index in [2.05, 4.69) is 11.2 Å². The Morgan fingerprint density at radius 3 is 2.04 bits per heavy atom. The van der Waals surface area contributed by atoms with Crippen LogP contribution >= 0.6 is 0 Å². The first kappa shape index (κ1) is 18.1. The second-order valence-corrected chi connectivity index (χ2v) is 5.82. The fourth-order valence-electron chi connectivity index (χ4n) is 2.56. The minimum absolute atomic E-state index is 0.222. The van der Waals surface area contributed by atoms with Gasteiger partial charge in [-0.25, -0.2) is 4.68 Å². The molecule has 0 saturated carbocycles. The Balaban J connectivity index is 1.75. The Morgan fingerprint density at radius 2 is 1.52 bits per heavy atom. The third-order valence-electron chi connectivity index (χ3n) is 4.10. The molecule has 2 aromatic carbocycles. The molecule has 7 heteroatoms. The van der Waals surface area contributed by atoms with Crippen LogP contribution in [0.25, 0.3) is 0 Å². The maximum Gasteiger partial charge on any atom is 0.253 e. The second kappa shape index (κ2) is 8.15. The number of methoxy groups -OCH3 is 2. The van der Waals surface area contributed by atoms with Crippen molar-refractivity contribution in [3.63, 3.8) is 0 Å². The Bertz CT molecular complexity index is 941. The third kappa shape index (κ3) is 4.12. The van der Waals surface area contributed by atoms with Crippen LogP contribution in [-0.4, -0.2) is 24.0 Å². The molecule has 2 N–H and O–H groups in total. The molecule has 0 bridgehead atoms. The van der Waals surface area contributed by atoms with E-state index >= 15 is 0 Å². The van der Waals surface area contributed by atoms with E-state index in [1.54, 1.807) is 18.9 Å². The summed E-state index contributed by atoms with van der Waals surface area (Å²) in [5.74, 6) is 2.04. The van der Waals surface area contributed by atoms with Gasteiger partial charge in [-0.3, -0.25) is 0 Å². The molecule has 7 nitrogen and oxygen atoms in total. The number of hydrogen-bond donors (Lipinski definition) is 1. The van der Waals surface area contributed by atoms with Crippen molar-refractivity contribution < 1.29 is 14.2 Å². The minimum Gasteiger partial charge on any atom is -0.497 e. The highest BCUT2D eigenvalue weighted by molar-refractivity contribution is 5.55. The van der Waals surface area contributed by atoms with Gasteiger partial charge < -0.3 is 19.9 Å². The molecular formula is C20H20N4O3. The molecule has 0 aliphatic carbocycles. The molecule has 3 aromatic rings. The SMILES string of the molecule is COc1ccc(COc2nn(Cc3ccc(OC)cc3)c(N)c2C#N)cc1. The van der Waals surface area contributed by atoms with E-state index in [0.717, 1.165) is 22.6 Å². The van der Waals surface area contributed by atoms with Crippen molar-refractivity contribution in [2.24, 2.45) is 0 Å². The molecule has 0 saturated heterocycles. The van der Waals surface area contributed by atoms with Gasteiger partial charge >= 0.3 is 0 Å². The molecule has 3 rings (SSSR count). The summed E-state index contributed by atoms with van der Waals surface area (Å²) in [6.45, 7) is 0.702. The summed E-state index contributed by atoms with van der Waals surface area (Å²) in [5, 5.41) is 13.8. The van der Waals surface area contributed by atoms with Crippen LogP contribution in [0.15, 0.2) is 48.5 Å². The second-order valence-electron chi connectivity index (χ2n) is 5.82. The van der Waals surface area contributed by atoms with Gasteiger partial charge in [0.1, 0.15) is 30.0 Å². The summed E-state index contributed by atoms with van der Waals surface area (Å²) in [6.07, 6.45) is 0. The Kier molecular flexibility index (Phi) is 5.47. The van der Waals surface area contributed by atoms with Crippen molar-refractivity contribution in [3.05, 3.63) is 65.2 Å². The lowest BCUT2D eigenvalue weighted by Gasteiger charge is -2.06. The Labute approximate surface area is 157 Å². The van der Waals surface area contributed by atoms with Crippen LogP contribution in [-0.2, 0) is 13.2 Å². The van der Waals surface area contributed by atoms with E-state index in [4.69, 9.17) is 19.9 Å². The number of ether oxygens (including phenoxy) is 3. The molecule has 0 aliphatic heterocycles. The quantitative estimate of drug-likeness (QED) is 0.692. The van der Waals surface area contributed by atoms with Crippen LogP contribution in [0, 0.1) is 11.3 Å². The zero-order valence-electron chi connectivity index (χ0n) is 15.2. The highest BCUT2D eigenvalue weighted by Gasteiger charge is 2.17. The standard InChI is InChI=1S/C20H20N4O3/c1-25-16-7-3-14(4-8-16)12-24-19(22)18(11-21)20(23-24)27-13-15-5-9-17(26-2)10-6-15/h3-10H,12-13,22H2,1-2H3. The van der Waals surface area contributed by atoms with E-state index in [9.17, 15) is 5.26 Å². The van der Waals surface area contributed by atoms with Gasteiger partial charge in [0.25, 0.3) is 5.88 Å². The normalized spacial score (nSPS) is 10.3. The zero-order valence-corrected chi connectivity index (χ0v) is 15.2. The molecule has 0 radical (unpaired) electrons.